The summed E-state index contributed by atoms with van der Waals surface area (Å²) in [6, 6.07) is 8.25. The topological polar surface area (TPSA) is 55.1 Å². The maximum atomic E-state index is 5.82. The van der Waals surface area contributed by atoms with Crippen LogP contribution in [-0.2, 0) is 5.75 Å². The van der Waals surface area contributed by atoms with E-state index in [9.17, 15) is 0 Å². The van der Waals surface area contributed by atoms with Crippen molar-refractivity contribution in [1.29, 1.82) is 0 Å². The molecule has 31 heavy (non-hydrogen) atoms. The van der Waals surface area contributed by atoms with Crippen LogP contribution in [-0.4, -0.2) is 39.5 Å². The first kappa shape index (κ1) is 22.0. The Morgan fingerprint density at radius 1 is 1.23 bits per heavy atom. The summed E-state index contributed by atoms with van der Waals surface area (Å²) in [5, 5.41) is 0.864. The Morgan fingerprint density at radius 3 is 2.90 bits per heavy atom. The first-order valence-electron chi connectivity index (χ1n) is 11.2. The highest BCUT2D eigenvalue weighted by Gasteiger charge is 2.25. The van der Waals surface area contributed by atoms with Gasteiger partial charge in [0.05, 0.1) is 5.69 Å². The zero-order valence-corrected chi connectivity index (χ0v) is 19.6. The van der Waals surface area contributed by atoms with Crippen molar-refractivity contribution in [1.82, 2.24) is 19.9 Å². The van der Waals surface area contributed by atoms with E-state index in [1.165, 1.54) is 36.2 Å². The lowest BCUT2D eigenvalue weighted by atomic mass is 9.92. The lowest BCUT2D eigenvalue weighted by Crippen LogP contribution is -2.36. The number of piperidine rings is 1. The number of thioether (sulfide) groups is 1. The third kappa shape index (κ3) is 5.95. The molecule has 0 N–H and O–H groups in total. The zero-order valence-electron chi connectivity index (χ0n) is 18.8. The molecule has 0 aromatic carbocycles. The molecule has 0 aliphatic carbocycles. The Labute approximate surface area is 189 Å². The minimum Gasteiger partial charge on any atom is -0.466 e. The highest BCUT2D eigenvalue weighted by molar-refractivity contribution is 7.98. The number of likely N-dealkylation sites (tertiary alicyclic amines) is 1. The van der Waals surface area contributed by atoms with E-state index in [-0.39, 0.29) is 0 Å². The largest absolute Gasteiger partial charge is 0.466 e. The van der Waals surface area contributed by atoms with E-state index in [1.807, 2.05) is 25.4 Å². The second-order valence-electron chi connectivity index (χ2n) is 8.65. The molecular weight excluding hydrogens is 404 g/mol. The normalized spacial score (nSPS) is 18.2. The Bertz CT molecular complexity index is 975. The Hall–Kier alpha value is -2.18. The summed E-state index contributed by atoms with van der Waals surface area (Å²) in [6.07, 6.45) is 9.25. The van der Waals surface area contributed by atoms with Crippen molar-refractivity contribution in [2.24, 2.45) is 0 Å². The van der Waals surface area contributed by atoms with Crippen molar-refractivity contribution in [2.45, 2.75) is 62.8 Å². The molecule has 0 amide bonds. The van der Waals surface area contributed by atoms with E-state index in [1.54, 1.807) is 18.0 Å². The maximum Gasteiger partial charge on any atom is 0.188 e. The molecule has 0 saturated carbocycles. The third-order valence-electron chi connectivity index (χ3n) is 6.10. The molecule has 0 spiro atoms. The highest BCUT2D eigenvalue weighted by Crippen LogP contribution is 2.30. The SMILES string of the molecule is Cc1ccc([C@H](C)CCN2CCC[C@@H](c3nc(SCc4cccnc4)ncc3C)C2)o1. The summed E-state index contributed by atoms with van der Waals surface area (Å²) in [5.41, 5.74) is 3.63. The first-order chi connectivity index (χ1) is 15.1. The van der Waals surface area contributed by atoms with Crippen molar-refractivity contribution < 1.29 is 4.42 Å². The summed E-state index contributed by atoms with van der Waals surface area (Å²) in [7, 11) is 0. The Morgan fingerprint density at radius 2 is 2.13 bits per heavy atom. The molecule has 0 unspecified atom stereocenters. The number of hydrogen-bond donors (Lipinski definition) is 0. The van der Waals surface area contributed by atoms with E-state index in [2.05, 4.69) is 46.9 Å². The van der Waals surface area contributed by atoms with Gasteiger partial charge in [0.25, 0.3) is 0 Å². The maximum absolute atomic E-state index is 5.82. The Balaban J connectivity index is 1.35. The van der Waals surface area contributed by atoms with Gasteiger partial charge in [0, 0.05) is 42.7 Å². The molecule has 6 heteroatoms. The quantitative estimate of drug-likeness (QED) is 0.331. The number of nitrogens with zero attached hydrogens (tertiary/aromatic N) is 4. The second-order valence-corrected chi connectivity index (χ2v) is 9.59. The van der Waals surface area contributed by atoms with Crippen LogP contribution in [0.2, 0.25) is 0 Å². The van der Waals surface area contributed by atoms with Crippen molar-refractivity contribution in [3.05, 3.63) is 71.2 Å². The van der Waals surface area contributed by atoms with Gasteiger partial charge >= 0.3 is 0 Å². The smallest absolute Gasteiger partial charge is 0.188 e. The number of furan rings is 1. The summed E-state index contributed by atoms with van der Waals surface area (Å²) in [5.74, 6) is 3.88. The number of pyridine rings is 1. The fraction of sp³-hybridized carbons (Fsp3) is 0.480. The predicted octanol–water partition coefficient (Wildman–Crippen LogP) is 5.75. The summed E-state index contributed by atoms with van der Waals surface area (Å²) >= 11 is 1.69. The summed E-state index contributed by atoms with van der Waals surface area (Å²) < 4.78 is 5.82. The van der Waals surface area contributed by atoms with Crippen LogP contribution in [0.5, 0.6) is 0 Å². The van der Waals surface area contributed by atoms with Gasteiger partial charge in [-0.1, -0.05) is 24.8 Å². The predicted molar refractivity (Wildman–Crippen MR) is 125 cm³/mol. The fourth-order valence-electron chi connectivity index (χ4n) is 4.27. The molecule has 3 aromatic heterocycles. The molecule has 2 atom stereocenters. The van der Waals surface area contributed by atoms with Crippen molar-refractivity contribution >= 4 is 11.8 Å². The molecule has 5 nitrogen and oxygen atoms in total. The van der Waals surface area contributed by atoms with Gasteiger partial charge in [-0.05, 0) is 75.5 Å². The Kier molecular flexibility index (Phi) is 7.41. The molecule has 4 rings (SSSR count). The fourth-order valence-corrected chi connectivity index (χ4v) is 5.03. The van der Waals surface area contributed by atoms with Gasteiger partial charge < -0.3 is 9.32 Å². The van der Waals surface area contributed by atoms with E-state index in [0.717, 1.165) is 41.9 Å². The number of hydrogen-bond acceptors (Lipinski definition) is 6. The molecule has 4 heterocycles. The van der Waals surface area contributed by atoms with Crippen LogP contribution < -0.4 is 0 Å². The lowest BCUT2D eigenvalue weighted by molar-refractivity contribution is 0.198. The second kappa shape index (κ2) is 10.4. The van der Waals surface area contributed by atoms with Gasteiger partial charge in [-0.15, -0.1) is 0 Å². The van der Waals surface area contributed by atoms with Crippen LogP contribution in [0.15, 0.2) is 52.4 Å². The van der Waals surface area contributed by atoms with Gasteiger partial charge in [0.2, 0.25) is 0 Å². The van der Waals surface area contributed by atoms with Crippen LogP contribution in [0.1, 0.15) is 66.4 Å². The van der Waals surface area contributed by atoms with Crippen LogP contribution in [0.25, 0.3) is 0 Å². The first-order valence-corrected chi connectivity index (χ1v) is 12.2. The minimum absolute atomic E-state index is 0.449. The average molecular weight is 437 g/mol. The zero-order chi connectivity index (χ0) is 21.6. The van der Waals surface area contributed by atoms with Crippen LogP contribution >= 0.6 is 11.8 Å². The van der Waals surface area contributed by atoms with Crippen LogP contribution in [0, 0.1) is 13.8 Å². The molecule has 164 valence electrons. The molecule has 3 aromatic rings. The third-order valence-corrected chi connectivity index (χ3v) is 7.03. The van der Waals surface area contributed by atoms with Gasteiger partial charge in [-0.2, -0.15) is 0 Å². The molecule has 0 bridgehead atoms. The molecule has 1 aliphatic heterocycles. The highest BCUT2D eigenvalue weighted by atomic mass is 32.2. The number of aromatic nitrogens is 3. The van der Waals surface area contributed by atoms with Gasteiger partial charge in [0.1, 0.15) is 11.5 Å². The lowest BCUT2D eigenvalue weighted by Gasteiger charge is -2.33. The minimum atomic E-state index is 0.449. The molecule has 1 aliphatic rings. The summed E-state index contributed by atoms with van der Waals surface area (Å²) in [6.45, 7) is 9.77. The monoisotopic (exact) mass is 436 g/mol. The summed E-state index contributed by atoms with van der Waals surface area (Å²) in [4.78, 5) is 16.3. The van der Waals surface area contributed by atoms with Crippen molar-refractivity contribution in [2.75, 3.05) is 19.6 Å². The van der Waals surface area contributed by atoms with E-state index < -0.39 is 0 Å². The van der Waals surface area contributed by atoms with Gasteiger partial charge in [-0.25, -0.2) is 9.97 Å². The van der Waals surface area contributed by atoms with Crippen molar-refractivity contribution in [3.63, 3.8) is 0 Å². The van der Waals surface area contributed by atoms with Gasteiger partial charge in [0.15, 0.2) is 5.16 Å². The van der Waals surface area contributed by atoms with E-state index in [4.69, 9.17) is 9.40 Å². The van der Waals surface area contributed by atoms with Crippen LogP contribution in [0.3, 0.4) is 0 Å². The number of aryl methyl sites for hydroxylation is 2. The average Bonchev–Trinajstić information content (AvgIpc) is 3.24. The van der Waals surface area contributed by atoms with E-state index in [0.29, 0.717) is 11.8 Å². The standard InChI is InChI=1S/C25H32N4OS/c1-18(23-9-8-20(3)30-23)10-13-29-12-5-7-22(16-29)24-19(2)14-27-25(28-24)31-17-21-6-4-11-26-15-21/h4,6,8-9,11,14-15,18,22H,5,7,10,12-13,16-17H2,1-3H3/t18-,22-/m1/s1. The molecule has 0 radical (unpaired) electrons. The molecule has 1 fully saturated rings. The number of rotatable bonds is 8. The van der Waals surface area contributed by atoms with Crippen molar-refractivity contribution in [3.8, 4) is 0 Å². The van der Waals surface area contributed by atoms with E-state index >= 15 is 0 Å². The molecule has 1 saturated heterocycles. The molecular formula is C25H32N4OS. The van der Waals surface area contributed by atoms with Gasteiger partial charge in [-0.3, -0.25) is 4.98 Å². The van der Waals surface area contributed by atoms with Crippen LogP contribution in [0.4, 0.5) is 0 Å².